The summed E-state index contributed by atoms with van der Waals surface area (Å²) in [4.78, 5) is 34.2. The lowest BCUT2D eigenvalue weighted by Crippen LogP contribution is -2.37. The Morgan fingerprint density at radius 1 is 1.08 bits per heavy atom. The molecular formula is C20H24N4O2. The second-order valence-electron chi connectivity index (χ2n) is 6.70. The van der Waals surface area contributed by atoms with Crippen LogP contribution in [0.4, 0.5) is 0 Å². The number of carbonyl (C=O) groups excluding carboxylic acids is 2. The molecule has 1 aromatic carbocycles. The smallest absolute Gasteiger partial charge is 0.251 e. The Bertz CT molecular complexity index is 738. The Labute approximate surface area is 153 Å². The standard InChI is InChI=1S/C20H24N4O2/c1-15(25)24-9-7-16(8-10-24)11-18-12-22-19(13-21-18)14-23-20(26)17-5-3-2-4-6-17/h2-6,12-13,16H,7-11,14H2,1H3,(H,23,26). The third-order valence-electron chi connectivity index (χ3n) is 4.78. The van der Waals surface area contributed by atoms with Gasteiger partial charge >= 0.3 is 0 Å². The van der Waals surface area contributed by atoms with Crippen molar-refractivity contribution in [3.05, 3.63) is 59.7 Å². The van der Waals surface area contributed by atoms with E-state index in [1.807, 2.05) is 23.1 Å². The first-order valence-electron chi connectivity index (χ1n) is 9.00. The van der Waals surface area contributed by atoms with Crippen LogP contribution in [0.5, 0.6) is 0 Å². The Kier molecular flexibility index (Phi) is 5.94. The minimum absolute atomic E-state index is 0.117. The van der Waals surface area contributed by atoms with E-state index in [4.69, 9.17) is 0 Å². The summed E-state index contributed by atoms with van der Waals surface area (Å²) < 4.78 is 0. The second kappa shape index (κ2) is 8.56. The molecule has 0 radical (unpaired) electrons. The molecule has 1 N–H and O–H groups in total. The maximum absolute atomic E-state index is 12.0. The van der Waals surface area contributed by atoms with Gasteiger partial charge in [0.25, 0.3) is 5.91 Å². The fourth-order valence-corrected chi connectivity index (χ4v) is 3.19. The first-order valence-corrected chi connectivity index (χ1v) is 9.00. The van der Waals surface area contributed by atoms with Crippen LogP contribution in [0.1, 0.15) is 41.5 Å². The van der Waals surface area contributed by atoms with Crippen LogP contribution in [-0.2, 0) is 17.8 Å². The van der Waals surface area contributed by atoms with Crippen molar-refractivity contribution in [2.45, 2.75) is 32.7 Å². The molecule has 3 rings (SSSR count). The summed E-state index contributed by atoms with van der Waals surface area (Å²) in [7, 11) is 0. The van der Waals surface area contributed by atoms with Crippen molar-refractivity contribution in [3.63, 3.8) is 0 Å². The fourth-order valence-electron chi connectivity index (χ4n) is 3.19. The third-order valence-corrected chi connectivity index (χ3v) is 4.78. The van der Waals surface area contributed by atoms with Crippen molar-refractivity contribution in [1.29, 1.82) is 0 Å². The van der Waals surface area contributed by atoms with Crippen LogP contribution in [-0.4, -0.2) is 39.8 Å². The quantitative estimate of drug-likeness (QED) is 0.895. The van der Waals surface area contributed by atoms with Gasteiger partial charge in [0.1, 0.15) is 0 Å². The SMILES string of the molecule is CC(=O)N1CCC(Cc2cnc(CNC(=O)c3ccccc3)cn2)CC1. The number of hydrogen-bond acceptors (Lipinski definition) is 4. The Balaban J connectivity index is 1.46. The molecule has 0 spiro atoms. The Morgan fingerprint density at radius 3 is 2.35 bits per heavy atom. The van der Waals surface area contributed by atoms with Gasteiger partial charge in [-0.15, -0.1) is 0 Å². The number of rotatable bonds is 5. The van der Waals surface area contributed by atoms with Gasteiger partial charge in [-0.2, -0.15) is 0 Å². The predicted molar refractivity (Wildman–Crippen MR) is 98.3 cm³/mol. The normalized spacial score (nSPS) is 14.9. The van der Waals surface area contributed by atoms with E-state index in [0.717, 1.165) is 43.7 Å². The van der Waals surface area contributed by atoms with E-state index in [9.17, 15) is 9.59 Å². The monoisotopic (exact) mass is 352 g/mol. The number of carbonyl (C=O) groups is 2. The van der Waals surface area contributed by atoms with Crippen LogP contribution in [0.2, 0.25) is 0 Å². The molecule has 0 unspecified atom stereocenters. The maximum Gasteiger partial charge on any atom is 0.251 e. The molecule has 0 aliphatic carbocycles. The van der Waals surface area contributed by atoms with Crippen LogP contribution in [0.3, 0.4) is 0 Å². The van der Waals surface area contributed by atoms with Crippen LogP contribution in [0.15, 0.2) is 42.7 Å². The summed E-state index contributed by atoms with van der Waals surface area (Å²) in [5, 5.41) is 2.85. The maximum atomic E-state index is 12.0. The van der Waals surface area contributed by atoms with Crippen molar-refractivity contribution in [2.75, 3.05) is 13.1 Å². The molecule has 136 valence electrons. The van der Waals surface area contributed by atoms with Gasteiger partial charge in [-0.05, 0) is 37.3 Å². The molecule has 6 nitrogen and oxygen atoms in total. The van der Waals surface area contributed by atoms with Gasteiger partial charge in [0.2, 0.25) is 5.91 Å². The molecule has 1 saturated heterocycles. The minimum Gasteiger partial charge on any atom is -0.346 e. The molecule has 2 heterocycles. The number of nitrogens with zero attached hydrogens (tertiary/aromatic N) is 3. The predicted octanol–water partition coefficient (Wildman–Crippen LogP) is 2.21. The number of likely N-dealkylation sites (tertiary alicyclic amines) is 1. The molecular weight excluding hydrogens is 328 g/mol. The van der Waals surface area contributed by atoms with Crippen LogP contribution >= 0.6 is 0 Å². The fraction of sp³-hybridized carbons (Fsp3) is 0.400. The highest BCUT2D eigenvalue weighted by molar-refractivity contribution is 5.94. The molecule has 1 fully saturated rings. The largest absolute Gasteiger partial charge is 0.346 e. The van der Waals surface area contributed by atoms with Gasteiger partial charge in [0, 0.05) is 31.8 Å². The average molecular weight is 352 g/mol. The first-order chi connectivity index (χ1) is 12.6. The molecule has 26 heavy (non-hydrogen) atoms. The van der Waals surface area contributed by atoms with E-state index in [0.29, 0.717) is 18.0 Å². The zero-order valence-electron chi connectivity index (χ0n) is 15.0. The summed E-state index contributed by atoms with van der Waals surface area (Å²) in [6.07, 6.45) is 6.42. The van der Waals surface area contributed by atoms with Crippen molar-refractivity contribution in [3.8, 4) is 0 Å². The summed E-state index contributed by atoms with van der Waals surface area (Å²) in [5.74, 6) is 0.586. The molecule has 1 aliphatic heterocycles. The first kappa shape index (κ1) is 18.0. The number of aromatic nitrogens is 2. The van der Waals surface area contributed by atoms with Crippen LogP contribution in [0, 0.1) is 5.92 Å². The Hall–Kier alpha value is -2.76. The molecule has 2 amide bonds. The van der Waals surface area contributed by atoms with Crippen molar-refractivity contribution >= 4 is 11.8 Å². The highest BCUT2D eigenvalue weighted by atomic mass is 16.2. The summed E-state index contributed by atoms with van der Waals surface area (Å²) >= 11 is 0. The highest BCUT2D eigenvalue weighted by Gasteiger charge is 2.21. The van der Waals surface area contributed by atoms with E-state index in [1.54, 1.807) is 31.5 Å². The molecule has 1 aliphatic rings. The molecule has 6 heteroatoms. The number of amides is 2. The van der Waals surface area contributed by atoms with Gasteiger partial charge in [-0.3, -0.25) is 19.6 Å². The number of piperidine rings is 1. The number of hydrogen-bond donors (Lipinski definition) is 1. The molecule has 0 bridgehead atoms. The van der Waals surface area contributed by atoms with E-state index in [-0.39, 0.29) is 11.8 Å². The van der Waals surface area contributed by atoms with E-state index < -0.39 is 0 Å². The van der Waals surface area contributed by atoms with Gasteiger partial charge in [0.15, 0.2) is 0 Å². The third kappa shape index (κ3) is 4.88. The average Bonchev–Trinajstić information content (AvgIpc) is 2.68. The zero-order chi connectivity index (χ0) is 18.4. The van der Waals surface area contributed by atoms with Gasteiger partial charge < -0.3 is 10.2 Å². The van der Waals surface area contributed by atoms with Crippen molar-refractivity contribution in [1.82, 2.24) is 20.2 Å². The lowest BCUT2D eigenvalue weighted by Gasteiger charge is -2.31. The number of benzene rings is 1. The lowest BCUT2D eigenvalue weighted by atomic mass is 9.92. The minimum atomic E-state index is -0.117. The zero-order valence-corrected chi connectivity index (χ0v) is 15.0. The van der Waals surface area contributed by atoms with E-state index in [1.165, 1.54) is 0 Å². The lowest BCUT2D eigenvalue weighted by molar-refractivity contribution is -0.130. The highest BCUT2D eigenvalue weighted by Crippen LogP contribution is 2.20. The van der Waals surface area contributed by atoms with E-state index >= 15 is 0 Å². The summed E-state index contributed by atoms with van der Waals surface area (Å²) in [6.45, 7) is 3.65. The summed E-state index contributed by atoms with van der Waals surface area (Å²) in [5.41, 5.74) is 2.34. The number of nitrogens with one attached hydrogen (secondary N) is 1. The van der Waals surface area contributed by atoms with Gasteiger partial charge in [-0.25, -0.2) is 0 Å². The molecule has 1 aromatic heterocycles. The van der Waals surface area contributed by atoms with Crippen LogP contribution in [0.25, 0.3) is 0 Å². The van der Waals surface area contributed by atoms with Crippen molar-refractivity contribution < 1.29 is 9.59 Å². The van der Waals surface area contributed by atoms with Gasteiger partial charge in [0.05, 0.1) is 24.1 Å². The topological polar surface area (TPSA) is 75.2 Å². The van der Waals surface area contributed by atoms with Crippen molar-refractivity contribution in [2.24, 2.45) is 5.92 Å². The molecule has 0 saturated carbocycles. The second-order valence-corrected chi connectivity index (χ2v) is 6.70. The molecule has 2 aromatic rings. The molecule has 0 atom stereocenters. The Morgan fingerprint density at radius 2 is 1.73 bits per heavy atom. The van der Waals surface area contributed by atoms with E-state index in [2.05, 4.69) is 15.3 Å². The summed E-state index contributed by atoms with van der Waals surface area (Å²) in [6, 6.07) is 9.11. The van der Waals surface area contributed by atoms with Crippen LogP contribution < -0.4 is 5.32 Å². The van der Waals surface area contributed by atoms with Gasteiger partial charge in [-0.1, -0.05) is 18.2 Å².